The van der Waals surface area contributed by atoms with Crippen molar-refractivity contribution >= 4 is 29.3 Å². The molecule has 0 aliphatic carbocycles. The molecule has 5 nitrogen and oxygen atoms in total. The van der Waals surface area contributed by atoms with Crippen LogP contribution in [0.5, 0.6) is 0 Å². The zero-order valence-electron chi connectivity index (χ0n) is 16.3. The summed E-state index contributed by atoms with van der Waals surface area (Å²) in [6.45, 7) is 3.95. The molecular weight excluding hydrogens is 404 g/mol. The van der Waals surface area contributed by atoms with E-state index in [-0.39, 0.29) is 5.91 Å². The van der Waals surface area contributed by atoms with Gasteiger partial charge < -0.3 is 4.90 Å². The van der Waals surface area contributed by atoms with Gasteiger partial charge in [0.05, 0.1) is 5.75 Å². The van der Waals surface area contributed by atoms with E-state index in [9.17, 15) is 4.79 Å². The Hall–Kier alpha value is -2.31. The zero-order chi connectivity index (χ0) is 20.2. The summed E-state index contributed by atoms with van der Waals surface area (Å²) in [6.07, 6.45) is 2.16. The third kappa shape index (κ3) is 4.65. The van der Waals surface area contributed by atoms with Gasteiger partial charge in [-0.25, -0.2) is 0 Å². The second kappa shape index (κ2) is 9.01. The molecule has 0 bridgehead atoms. The first-order valence-electron chi connectivity index (χ1n) is 9.79. The van der Waals surface area contributed by atoms with Crippen molar-refractivity contribution in [2.45, 2.75) is 24.9 Å². The number of carbonyl (C=O) groups is 1. The summed E-state index contributed by atoms with van der Waals surface area (Å²) in [5.74, 6) is 1.96. The van der Waals surface area contributed by atoms with E-state index in [2.05, 4.69) is 17.1 Å². The van der Waals surface area contributed by atoms with E-state index in [1.54, 1.807) is 0 Å². The highest BCUT2D eigenvalue weighted by atomic mass is 35.5. The molecule has 1 fully saturated rings. The molecule has 0 unspecified atom stereocenters. The number of hydrogen-bond acceptors (Lipinski definition) is 4. The van der Waals surface area contributed by atoms with Gasteiger partial charge in [0, 0.05) is 29.4 Å². The average Bonchev–Trinajstić information content (AvgIpc) is 3.17. The van der Waals surface area contributed by atoms with Gasteiger partial charge >= 0.3 is 0 Å². The van der Waals surface area contributed by atoms with Gasteiger partial charge in [0.2, 0.25) is 5.91 Å². The number of amides is 1. The highest BCUT2D eigenvalue weighted by Gasteiger charge is 2.22. The quantitative estimate of drug-likeness (QED) is 0.542. The van der Waals surface area contributed by atoms with Gasteiger partial charge in [-0.3, -0.25) is 9.36 Å². The molecular formula is C22H23ClN4OS. The lowest BCUT2D eigenvalue weighted by Gasteiger charge is -2.30. The fourth-order valence-electron chi connectivity index (χ4n) is 3.43. The molecule has 3 aromatic rings. The van der Waals surface area contributed by atoms with Crippen molar-refractivity contribution in [2.24, 2.45) is 5.92 Å². The molecule has 1 saturated heterocycles. The summed E-state index contributed by atoms with van der Waals surface area (Å²) in [6, 6.07) is 17.5. The van der Waals surface area contributed by atoms with E-state index in [1.165, 1.54) is 11.8 Å². The normalized spacial score (nSPS) is 14.9. The summed E-state index contributed by atoms with van der Waals surface area (Å²) in [7, 11) is 0. The van der Waals surface area contributed by atoms with Gasteiger partial charge in [0.1, 0.15) is 0 Å². The Bertz CT molecular complexity index is 966. The van der Waals surface area contributed by atoms with Gasteiger partial charge in [-0.15, -0.1) is 10.2 Å². The minimum absolute atomic E-state index is 0.164. The number of aromatic nitrogens is 3. The third-order valence-electron chi connectivity index (χ3n) is 5.21. The molecule has 4 rings (SSSR count). The van der Waals surface area contributed by atoms with Crippen LogP contribution >= 0.6 is 23.4 Å². The summed E-state index contributed by atoms with van der Waals surface area (Å²) in [4.78, 5) is 14.6. The fraction of sp³-hybridized carbons (Fsp3) is 0.318. The number of likely N-dealkylation sites (tertiary alicyclic amines) is 1. The Kier molecular flexibility index (Phi) is 6.21. The van der Waals surface area contributed by atoms with Crippen molar-refractivity contribution < 1.29 is 4.79 Å². The SMILES string of the molecule is CC1CCN(C(=O)CSc2nnc(-c3ccc(Cl)cc3)n2-c2ccccc2)CC1. The molecule has 2 heterocycles. The van der Waals surface area contributed by atoms with Crippen LogP contribution in [0.3, 0.4) is 0 Å². The van der Waals surface area contributed by atoms with Crippen molar-refractivity contribution in [1.29, 1.82) is 0 Å². The Morgan fingerprint density at radius 1 is 1.07 bits per heavy atom. The summed E-state index contributed by atoms with van der Waals surface area (Å²) in [5, 5.41) is 10.2. The first-order chi connectivity index (χ1) is 14.1. The Balaban J connectivity index is 1.58. The topological polar surface area (TPSA) is 51.0 Å². The smallest absolute Gasteiger partial charge is 0.233 e. The summed E-state index contributed by atoms with van der Waals surface area (Å²) >= 11 is 7.47. The maximum Gasteiger partial charge on any atom is 0.233 e. The van der Waals surface area contributed by atoms with Crippen LogP contribution in [0.15, 0.2) is 59.8 Å². The molecule has 1 aromatic heterocycles. The van der Waals surface area contributed by atoms with Crippen LogP contribution < -0.4 is 0 Å². The first-order valence-corrected chi connectivity index (χ1v) is 11.2. The lowest BCUT2D eigenvalue weighted by Crippen LogP contribution is -2.38. The maximum atomic E-state index is 12.7. The zero-order valence-corrected chi connectivity index (χ0v) is 17.9. The number of nitrogens with zero attached hydrogens (tertiary/aromatic N) is 4. The molecule has 2 aromatic carbocycles. The van der Waals surface area contributed by atoms with E-state index in [0.717, 1.165) is 43.0 Å². The van der Waals surface area contributed by atoms with Crippen molar-refractivity contribution in [2.75, 3.05) is 18.8 Å². The van der Waals surface area contributed by atoms with Crippen molar-refractivity contribution in [3.8, 4) is 17.1 Å². The molecule has 1 aliphatic heterocycles. The number of thioether (sulfide) groups is 1. The maximum absolute atomic E-state index is 12.7. The standard InChI is InChI=1S/C22H23ClN4OS/c1-16-11-13-26(14-12-16)20(28)15-29-22-25-24-21(17-7-9-18(23)10-8-17)27(22)19-5-3-2-4-6-19/h2-10,16H,11-15H2,1H3. The number of benzene rings is 2. The fourth-order valence-corrected chi connectivity index (χ4v) is 4.42. The van der Waals surface area contributed by atoms with Crippen LogP contribution in [0.2, 0.25) is 5.02 Å². The Morgan fingerprint density at radius 2 is 1.76 bits per heavy atom. The molecule has 0 atom stereocenters. The molecule has 29 heavy (non-hydrogen) atoms. The van der Waals surface area contributed by atoms with Crippen LogP contribution in [-0.4, -0.2) is 44.4 Å². The number of para-hydroxylation sites is 1. The molecule has 0 N–H and O–H groups in total. The summed E-state index contributed by atoms with van der Waals surface area (Å²) in [5.41, 5.74) is 1.89. The van der Waals surface area contributed by atoms with Gasteiger partial charge in [-0.05, 0) is 55.2 Å². The summed E-state index contributed by atoms with van der Waals surface area (Å²) < 4.78 is 2.00. The van der Waals surface area contributed by atoms with Crippen LogP contribution in [0.4, 0.5) is 0 Å². The van der Waals surface area contributed by atoms with E-state index >= 15 is 0 Å². The van der Waals surface area contributed by atoms with Gasteiger partial charge in [0.15, 0.2) is 11.0 Å². The number of halogens is 1. The van der Waals surface area contributed by atoms with Crippen molar-refractivity contribution in [3.63, 3.8) is 0 Å². The van der Waals surface area contributed by atoms with E-state index in [4.69, 9.17) is 11.6 Å². The number of carbonyl (C=O) groups excluding carboxylic acids is 1. The molecule has 150 valence electrons. The van der Waals surface area contributed by atoms with Crippen LogP contribution in [0, 0.1) is 5.92 Å². The Morgan fingerprint density at radius 3 is 2.45 bits per heavy atom. The lowest BCUT2D eigenvalue weighted by atomic mass is 9.99. The average molecular weight is 427 g/mol. The first kappa shape index (κ1) is 20.0. The van der Waals surface area contributed by atoms with Crippen LogP contribution in [0.1, 0.15) is 19.8 Å². The van der Waals surface area contributed by atoms with Crippen LogP contribution in [0.25, 0.3) is 17.1 Å². The van der Waals surface area contributed by atoms with Gasteiger partial charge in [0.25, 0.3) is 0 Å². The van der Waals surface area contributed by atoms with E-state index < -0.39 is 0 Å². The highest BCUT2D eigenvalue weighted by molar-refractivity contribution is 7.99. The Labute approximate surface area is 180 Å². The van der Waals surface area contributed by atoms with Crippen LogP contribution in [-0.2, 0) is 4.79 Å². The van der Waals surface area contributed by atoms with E-state index in [1.807, 2.05) is 64.1 Å². The third-order valence-corrected chi connectivity index (χ3v) is 6.38. The number of rotatable bonds is 5. The molecule has 7 heteroatoms. The molecule has 0 radical (unpaired) electrons. The lowest BCUT2D eigenvalue weighted by molar-refractivity contribution is -0.129. The highest BCUT2D eigenvalue weighted by Crippen LogP contribution is 2.29. The van der Waals surface area contributed by atoms with Gasteiger partial charge in [-0.1, -0.05) is 48.5 Å². The van der Waals surface area contributed by atoms with Crippen molar-refractivity contribution in [1.82, 2.24) is 19.7 Å². The monoisotopic (exact) mass is 426 g/mol. The second-order valence-electron chi connectivity index (χ2n) is 7.34. The largest absolute Gasteiger partial charge is 0.342 e. The van der Waals surface area contributed by atoms with E-state index in [0.29, 0.717) is 21.8 Å². The second-order valence-corrected chi connectivity index (χ2v) is 8.71. The predicted molar refractivity (Wildman–Crippen MR) is 118 cm³/mol. The van der Waals surface area contributed by atoms with Gasteiger partial charge in [-0.2, -0.15) is 0 Å². The molecule has 1 amide bonds. The molecule has 1 aliphatic rings. The molecule has 0 saturated carbocycles. The number of piperidine rings is 1. The molecule has 0 spiro atoms. The predicted octanol–water partition coefficient (Wildman–Crippen LogP) is 4.94. The number of hydrogen-bond donors (Lipinski definition) is 0. The van der Waals surface area contributed by atoms with Crippen molar-refractivity contribution in [3.05, 3.63) is 59.6 Å². The minimum Gasteiger partial charge on any atom is -0.342 e. The minimum atomic E-state index is 0.164.